The Labute approximate surface area is 143 Å². The molecule has 0 heterocycles. The lowest BCUT2D eigenvalue weighted by Crippen LogP contribution is -2.12. The average molecular weight is 367 g/mol. The fourth-order valence-electron chi connectivity index (χ4n) is 2.01. The molecule has 0 radical (unpaired) electrons. The van der Waals surface area contributed by atoms with Crippen LogP contribution in [0.3, 0.4) is 0 Å². The molecule has 2 aromatic carbocycles. The molecular formula is C15H12Cl4FN. The Balaban J connectivity index is 2.66. The first-order chi connectivity index (χ1) is 9.95. The third-order valence-electron chi connectivity index (χ3n) is 3.02. The SMILES string of the molecule is CCNCc1ccc(F)cc1-c1c(Cl)cc(Cl)c(Cl)c1Cl. The fraction of sp³-hybridized carbons (Fsp3) is 0.200. The van der Waals surface area contributed by atoms with Gasteiger partial charge in [-0.15, -0.1) is 0 Å². The van der Waals surface area contributed by atoms with Gasteiger partial charge in [-0.1, -0.05) is 59.4 Å². The van der Waals surface area contributed by atoms with Crippen molar-refractivity contribution in [2.45, 2.75) is 13.5 Å². The maximum absolute atomic E-state index is 13.6. The molecule has 0 amide bonds. The number of nitrogens with one attached hydrogen (secondary N) is 1. The zero-order valence-corrected chi connectivity index (χ0v) is 14.1. The smallest absolute Gasteiger partial charge is 0.123 e. The van der Waals surface area contributed by atoms with Gasteiger partial charge in [0.1, 0.15) is 5.82 Å². The molecule has 0 spiro atoms. The maximum Gasteiger partial charge on any atom is 0.123 e. The summed E-state index contributed by atoms with van der Waals surface area (Å²) in [4.78, 5) is 0. The summed E-state index contributed by atoms with van der Waals surface area (Å²) in [6, 6.07) is 6.00. The van der Waals surface area contributed by atoms with Gasteiger partial charge in [0.05, 0.1) is 20.1 Å². The van der Waals surface area contributed by atoms with Crippen molar-refractivity contribution in [2.75, 3.05) is 6.54 Å². The molecule has 0 aliphatic rings. The van der Waals surface area contributed by atoms with E-state index in [0.29, 0.717) is 22.7 Å². The molecule has 0 unspecified atom stereocenters. The summed E-state index contributed by atoms with van der Waals surface area (Å²) >= 11 is 24.5. The minimum atomic E-state index is -0.372. The van der Waals surface area contributed by atoms with E-state index in [2.05, 4.69) is 5.32 Å². The molecule has 1 N–H and O–H groups in total. The second kappa shape index (κ2) is 7.17. The second-order valence-corrected chi connectivity index (χ2v) is 6.00. The van der Waals surface area contributed by atoms with Crippen LogP contribution in [0.5, 0.6) is 0 Å². The summed E-state index contributed by atoms with van der Waals surface area (Å²) < 4.78 is 13.6. The maximum atomic E-state index is 13.6. The van der Waals surface area contributed by atoms with E-state index < -0.39 is 0 Å². The predicted molar refractivity (Wildman–Crippen MR) is 89.3 cm³/mol. The van der Waals surface area contributed by atoms with E-state index in [9.17, 15) is 4.39 Å². The van der Waals surface area contributed by atoms with Crippen molar-refractivity contribution in [3.8, 4) is 11.1 Å². The zero-order valence-electron chi connectivity index (χ0n) is 11.1. The molecule has 0 saturated heterocycles. The Bertz CT molecular complexity index is 673. The van der Waals surface area contributed by atoms with E-state index in [4.69, 9.17) is 46.4 Å². The lowest BCUT2D eigenvalue weighted by Gasteiger charge is -2.15. The van der Waals surface area contributed by atoms with Gasteiger partial charge in [0.25, 0.3) is 0 Å². The van der Waals surface area contributed by atoms with Crippen molar-refractivity contribution in [3.05, 3.63) is 55.7 Å². The first-order valence-corrected chi connectivity index (χ1v) is 7.79. The molecule has 1 nitrogen and oxygen atoms in total. The monoisotopic (exact) mass is 365 g/mol. The average Bonchev–Trinajstić information content (AvgIpc) is 2.44. The molecule has 0 bridgehead atoms. The first-order valence-electron chi connectivity index (χ1n) is 6.28. The van der Waals surface area contributed by atoms with Crippen molar-refractivity contribution in [3.63, 3.8) is 0 Å². The highest BCUT2D eigenvalue weighted by Gasteiger charge is 2.18. The summed E-state index contributed by atoms with van der Waals surface area (Å²) in [5.41, 5.74) is 1.96. The molecule has 0 aromatic heterocycles. The van der Waals surface area contributed by atoms with Crippen LogP contribution in [0.4, 0.5) is 4.39 Å². The van der Waals surface area contributed by atoms with Gasteiger partial charge in [-0.25, -0.2) is 4.39 Å². The number of rotatable bonds is 4. The summed E-state index contributed by atoms with van der Waals surface area (Å²) in [5.74, 6) is -0.372. The number of hydrogen-bond acceptors (Lipinski definition) is 1. The Morgan fingerprint density at radius 1 is 1.00 bits per heavy atom. The highest BCUT2D eigenvalue weighted by atomic mass is 35.5. The van der Waals surface area contributed by atoms with Crippen molar-refractivity contribution >= 4 is 46.4 Å². The molecule has 0 atom stereocenters. The number of benzene rings is 2. The largest absolute Gasteiger partial charge is 0.313 e. The quantitative estimate of drug-likeness (QED) is 0.500. The zero-order chi connectivity index (χ0) is 15.6. The lowest BCUT2D eigenvalue weighted by atomic mass is 9.99. The summed E-state index contributed by atoms with van der Waals surface area (Å²) in [5, 5.41) is 4.21. The van der Waals surface area contributed by atoms with E-state index in [1.807, 2.05) is 6.92 Å². The van der Waals surface area contributed by atoms with Gasteiger partial charge >= 0.3 is 0 Å². The Morgan fingerprint density at radius 3 is 2.38 bits per heavy atom. The molecule has 6 heteroatoms. The summed E-state index contributed by atoms with van der Waals surface area (Å²) in [7, 11) is 0. The van der Waals surface area contributed by atoms with E-state index >= 15 is 0 Å². The van der Waals surface area contributed by atoms with Crippen LogP contribution < -0.4 is 5.32 Å². The second-order valence-electron chi connectivity index (χ2n) is 4.42. The fourth-order valence-corrected chi connectivity index (χ4v) is 3.12. The van der Waals surface area contributed by atoms with Gasteiger partial charge in [-0.3, -0.25) is 0 Å². The Kier molecular flexibility index (Phi) is 5.75. The summed E-state index contributed by atoms with van der Waals surface area (Å²) in [6.07, 6.45) is 0. The van der Waals surface area contributed by atoms with Crippen LogP contribution in [-0.4, -0.2) is 6.54 Å². The van der Waals surface area contributed by atoms with Crippen LogP contribution in [0.25, 0.3) is 11.1 Å². The predicted octanol–water partition coefficient (Wildman–Crippen LogP) is 6.22. The van der Waals surface area contributed by atoms with Crippen molar-refractivity contribution in [1.29, 1.82) is 0 Å². The van der Waals surface area contributed by atoms with Crippen LogP contribution >= 0.6 is 46.4 Å². The molecule has 2 rings (SSSR count). The van der Waals surface area contributed by atoms with Crippen LogP contribution in [0.1, 0.15) is 12.5 Å². The molecule has 112 valence electrons. The van der Waals surface area contributed by atoms with Crippen molar-refractivity contribution < 1.29 is 4.39 Å². The van der Waals surface area contributed by atoms with E-state index in [1.54, 1.807) is 6.07 Å². The Morgan fingerprint density at radius 2 is 1.71 bits per heavy atom. The van der Waals surface area contributed by atoms with Gasteiger partial charge in [0, 0.05) is 12.1 Å². The Hall–Kier alpha value is -0.510. The van der Waals surface area contributed by atoms with E-state index in [1.165, 1.54) is 18.2 Å². The van der Waals surface area contributed by atoms with Gasteiger partial charge in [0.2, 0.25) is 0 Å². The van der Waals surface area contributed by atoms with Crippen LogP contribution in [0.15, 0.2) is 24.3 Å². The molecule has 2 aromatic rings. The third kappa shape index (κ3) is 3.64. The van der Waals surface area contributed by atoms with Crippen molar-refractivity contribution in [2.24, 2.45) is 0 Å². The van der Waals surface area contributed by atoms with Gasteiger partial charge < -0.3 is 5.32 Å². The van der Waals surface area contributed by atoms with Gasteiger partial charge in [0.15, 0.2) is 0 Å². The molecule has 0 fully saturated rings. The van der Waals surface area contributed by atoms with Crippen molar-refractivity contribution in [1.82, 2.24) is 5.32 Å². The number of halogens is 5. The summed E-state index contributed by atoms with van der Waals surface area (Å²) in [6.45, 7) is 3.35. The lowest BCUT2D eigenvalue weighted by molar-refractivity contribution is 0.626. The molecule has 21 heavy (non-hydrogen) atoms. The minimum absolute atomic E-state index is 0.205. The van der Waals surface area contributed by atoms with Gasteiger partial charge in [-0.2, -0.15) is 0 Å². The molecule has 0 aliphatic heterocycles. The van der Waals surface area contributed by atoms with E-state index in [-0.39, 0.29) is 20.9 Å². The first kappa shape index (κ1) is 16.9. The van der Waals surface area contributed by atoms with Gasteiger partial charge in [-0.05, 0) is 35.9 Å². The highest BCUT2D eigenvalue weighted by molar-refractivity contribution is 6.51. The number of hydrogen-bond donors (Lipinski definition) is 1. The standard InChI is InChI=1S/C15H12Cl4FN/c1-2-21-7-8-3-4-9(20)5-10(8)13-11(16)6-12(17)14(18)15(13)19/h3-6,21H,2,7H2,1H3. The third-order valence-corrected chi connectivity index (χ3v) is 4.58. The molecule has 0 aliphatic carbocycles. The van der Waals surface area contributed by atoms with E-state index in [0.717, 1.165) is 12.1 Å². The molecular weight excluding hydrogens is 355 g/mol. The van der Waals surface area contributed by atoms with Crippen LogP contribution in [0, 0.1) is 5.82 Å². The molecule has 0 saturated carbocycles. The van der Waals surface area contributed by atoms with Crippen LogP contribution in [0.2, 0.25) is 20.1 Å². The minimum Gasteiger partial charge on any atom is -0.313 e. The highest BCUT2D eigenvalue weighted by Crippen LogP contribution is 2.44. The van der Waals surface area contributed by atoms with Crippen LogP contribution in [-0.2, 0) is 6.54 Å². The topological polar surface area (TPSA) is 12.0 Å². The normalized spacial score (nSPS) is 11.0.